The fourth-order valence-electron chi connectivity index (χ4n) is 3.83. The summed E-state index contributed by atoms with van der Waals surface area (Å²) in [7, 11) is 0. The van der Waals surface area contributed by atoms with Crippen LogP contribution in [0.15, 0.2) is 35.3 Å². The lowest BCUT2D eigenvalue weighted by Gasteiger charge is -2.35. The molecule has 0 radical (unpaired) electrons. The monoisotopic (exact) mass is 422 g/mol. The minimum atomic E-state index is -0.0916. The van der Waals surface area contributed by atoms with E-state index in [4.69, 9.17) is 4.98 Å². The second-order valence-corrected chi connectivity index (χ2v) is 8.35. The number of rotatable bonds is 6. The SMILES string of the molecule is Cc1cc(C)n(-c2ccc(=O)n(CCN3CCN(c4ccnc(C(C)C)n4)CC3)n2)n1. The van der Waals surface area contributed by atoms with Gasteiger partial charge in [0.1, 0.15) is 11.6 Å². The normalized spacial score (nSPS) is 15.1. The topological polar surface area (TPSA) is 85.0 Å². The Balaban J connectivity index is 1.37. The standard InChI is InChI=1S/C22H30N8O/c1-16(2)22-23-8-7-19(24-22)28-12-9-27(10-13-28)11-14-29-21(31)6-5-20(26-29)30-18(4)15-17(3)25-30/h5-8,15-16H,9-14H2,1-4H3. The van der Waals surface area contributed by atoms with Crippen molar-refractivity contribution in [2.45, 2.75) is 40.2 Å². The summed E-state index contributed by atoms with van der Waals surface area (Å²) in [6, 6.07) is 7.27. The van der Waals surface area contributed by atoms with Gasteiger partial charge in [-0.25, -0.2) is 19.3 Å². The fraction of sp³-hybridized carbons (Fsp3) is 0.500. The molecule has 0 saturated carbocycles. The van der Waals surface area contributed by atoms with Crippen LogP contribution in [0, 0.1) is 13.8 Å². The maximum absolute atomic E-state index is 12.3. The molecule has 3 aromatic rings. The largest absolute Gasteiger partial charge is 0.354 e. The Morgan fingerprint density at radius 2 is 1.74 bits per heavy atom. The highest BCUT2D eigenvalue weighted by Gasteiger charge is 2.19. The quantitative estimate of drug-likeness (QED) is 0.599. The van der Waals surface area contributed by atoms with Gasteiger partial charge in [0.25, 0.3) is 5.56 Å². The Kier molecular flexibility index (Phi) is 6.13. The fourth-order valence-corrected chi connectivity index (χ4v) is 3.83. The molecule has 31 heavy (non-hydrogen) atoms. The Morgan fingerprint density at radius 1 is 0.968 bits per heavy atom. The third kappa shape index (κ3) is 4.82. The lowest BCUT2D eigenvalue weighted by Crippen LogP contribution is -2.48. The summed E-state index contributed by atoms with van der Waals surface area (Å²) in [4.78, 5) is 26.1. The lowest BCUT2D eigenvalue weighted by atomic mass is 10.2. The third-order valence-electron chi connectivity index (χ3n) is 5.58. The molecule has 0 aliphatic carbocycles. The number of hydrogen-bond acceptors (Lipinski definition) is 7. The predicted octanol–water partition coefficient (Wildman–Crippen LogP) is 1.78. The van der Waals surface area contributed by atoms with Crippen LogP contribution in [-0.2, 0) is 6.54 Å². The minimum absolute atomic E-state index is 0.0916. The zero-order valence-corrected chi connectivity index (χ0v) is 18.7. The molecule has 0 amide bonds. The van der Waals surface area contributed by atoms with Crippen molar-refractivity contribution in [2.24, 2.45) is 0 Å². The first-order valence-electron chi connectivity index (χ1n) is 10.8. The van der Waals surface area contributed by atoms with Gasteiger partial charge >= 0.3 is 0 Å². The van der Waals surface area contributed by atoms with Gasteiger partial charge in [-0.15, -0.1) is 5.10 Å². The van der Waals surface area contributed by atoms with E-state index in [1.807, 2.05) is 32.2 Å². The Hall–Kier alpha value is -3.07. The van der Waals surface area contributed by atoms with Crippen molar-refractivity contribution in [3.05, 3.63) is 58.0 Å². The first-order valence-corrected chi connectivity index (χ1v) is 10.8. The summed E-state index contributed by atoms with van der Waals surface area (Å²) in [5.41, 5.74) is 1.84. The minimum Gasteiger partial charge on any atom is -0.354 e. The average molecular weight is 423 g/mol. The summed E-state index contributed by atoms with van der Waals surface area (Å²) in [5, 5.41) is 9.01. The van der Waals surface area contributed by atoms with Crippen molar-refractivity contribution in [1.82, 2.24) is 34.4 Å². The molecule has 1 fully saturated rings. The van der Waals surface area contributed by atoms with E-state index in [0.29, 0.717) is 18.3 Å². The molecular formula is C22H30N8O. The van der Waals surface area contributed by atoms with Gasteiger partial charge in [-0.3, -0.25) is 9.69 Å². The zero-order chi connectivity index (χ0) is 22.0. The summed E-state index contributed by atoms with van der Waals surface area (Å²) in [5.74, 6) is 2.86. The first-order chi connectivity index (χ1) is 14.9. The number of hydrogen-bond donors (Lipinski definition) is 0. The lowest BCUT2D eigenvalue weighted by molar-refractivity contribution is 0.242. The number of anilines is 1. The van der Waals surface area contributed by atoms with E-state index in [9.17, 15) is 4.79 Å². The smallest absolute Gasteiger partial charge is 0.266 e. The average Bonchev–Trinajstić information content (AvgIpc) is 3.11. The number of piperazine rings is 1. The molecule has 9 heteroatoms. The molecule has 3 aromatic heterocycles. The molecule has 9 nitrogen and oxygen atoms in total. The first kappa shape index (κ1) is 21.2. The summed E-state index contributed by atoms with van der Waals surface area (Å²) < 4.78 is 3.31. The van der Waals surface area contributed by atoms with Gasteiger partial charge in [0.05, 0.1) is 12.2 Å². The number of aromatic nitrogens is 6. The Bertz CT molecular complexity index is 1090. The molecule has 0 atom stereocenters. The van der Waals surface area contributed by atoms with E-state index in [2.05, 4.69) is 38.8 Å². The molecule has 0 N–H and O–H groups in total. The maximum Gasteiger partial charge on any atom is 0.266 e. The zero-order valence-electron chi connectivity index (χ0n) is 18.7. The van der Waals surface area contributed by atoms with Crippen molar-refractivity contribution in [3.63, 3.8) is 0 Å². The van der Waals surface area contributed by atoms with Crippen LogP contribution in [0.4, 0.5) is 5.82 Å². The van der Waals surface area contributed by atoms with Crippen LogP contribution in [0.5, 0.6) is 0 Å². The van der Waals surface area contributed by atoms with Crippen molar-refractivity contribution in [3.8, 4) is 5.82 Å². The number of aryl methyl sites for hydroxylation is 2. The van der Waals surface area contributed by atoms with Gasteiger partial charge in [-0.1, -0.05) is 13.8 Å². The molecule has 0 spiro atoms. The molecule has 1 aliphatic heterocycles. The van der Waals surface area contributed by atoms with Gasteiger partial charge < -0.3 is 4.90 Å². The molecule has 4 heterocycles. The second kappa shape index (κ2) is 8.97. The van der Waals surface area contributed by atoms with Crippen LogP contribution >= 0.6 is 0 Å². The van der Waals surface area contributed by atoms with Crippen molar-refractivity contribution >= 4 is 5.82 Å². The predicted molar refractivity (Wildman–Crippen MR) is 120 cm³/mol. The highest BCUT2D eigenvalue weighted by atomic mass is 16.1. The van der Waals surface area contributed by atoms with Crippen molar-refractivity contribution < 1.29 is 0 Å². The molecule has 1 saturated heterocycles. The molecule has 4 rings (SSSR count). The molecule has 1 aliphatic rings. The van der Waals surface area contributed by atoms with Crippen molar-refractivity contribution in [1.29, 1.82) is 0 Å². The van der Waals surface area contributed by atoms with Crippen LogP contribution in [0.2, 0.25) is 0 Å². The highest BCUT2D eigenvalue weighted by Crippen LogP contribution is 2.16. The second-order valence-electron chi connectivity index (χ2n) is 8.35. The van der Waals surface area contributed by atoms with Gasteiger partial charge in [0.15, 0.2) is 5.82 Å². The van der Waals surface area contributed by atoms with Gasteiger partial charge in [0.2, 0.25) is 0 Å². The van der Waals surface area contributed by atoms with E-state index >= 15 is 0 Å². The highest BCUT2D eigenvalue weighted by molar-refractivity contribution is 5.38. The van der Waals surface area contributed by atoms with Crippen LogP contribution in [0.1, 0.15) is 37.0 Å². The van der Waals surface area contributed by atoms with E-state index in [1.54, 1.807) is 16.8 Å². The van der Waals surface area contributed by atoms with Crippen molar-refractivity contribution in [2.75, 3.05) is 37.6 Å². The van der Waals surface area contributed by atoms with E-state index < -0.39 is 0 Å². The van der Waals surface area contributed by atoms with Gasteiger partial charge in [-0.05, 0) is 32.0 Å². The third-order valence-corrected chi connectivity index (χ3v) is 5.58. The summed E-state index contributed by atoms with van der Waals surface area (Å²) in [6.07, 6.45) is 1.85. The summed E-state index contributed by atoms with van der Waals surface area (Å²) in [6.45, 7) is 13.1. The molecule has 0 aromatic carbocycles. The molecule has 0 unspecified atom stereocenters. The summed E-state index contributed by atoms with van der Waals surface area (Å²) >= 11 is 0. The molecule has 164 valence electrons. The maximum atomic E-state index is 12.3. The number of nitrogens with zero attached hydrogens (tertiary/aromatic N) is 8. The Morgan fingerprint density at radius 3 is 2.42 bits per heavy atom. The van der Waals surface area contributed by atoms with E-state index in [1.165, 1.54) is 4.68 Å². The van der Waals surface area contributed by atoms with Crippen LogP contribution in [0.25, 0.3) is 5.82 Å². The Labute approximate surface area is 182 Å². The van der Waals surface area contributed by atoms with Gasteiger partial charge in [0, 0.05) is 56.6 Å². The molecular weight excluding hydrogens is 392 g/mol. The van der Waals surface area contributed by atoms with E-state index in [0.717, 1.165) is 55.8 Å². The van der Waals surface area contributed by atoms with Crippen LogP contribution < -0.4 is 10.5 Å². The van der Waals surface area contributed by atoms with Gasteiger partial charge in [-0.2, -0.15) is 5.10 Å². The van der Waals surface area contributed by atoms with Crippen LogP contribution in [0.3, 0.4) is 0 Å². The molecule has 0 bridgehead atoms. The van der Waals surface area contributed by atoms with E-state index in [-0.39, 0.29) is 5.56 Å². The van der Waals surface area contributed by atoms with Crippen LogP contribution in [-0.4, -0.2) is 67.2 Å².